The maximum atomic E-state index is 13.0. The maximum Gasteiger partial charge on any atom is 0.419 e. The number of ether oxygens (including phenoxy) is 2. The minimum Gasteiger partial charge on any atom is -0.483 e. The third-order valence-electron chi connectivity index (χ3n) is 4.80. The highest BCUT2D eigenvalue weighted by molar-refractivity contribution is 5.97. The first-order chi connectivity index (χ1) is 15.2. The van der Waals surface area contributed by atoms with E-state index >= 15 is 0 Å². The molecule has 1 heterocycles. The second-order valence-corrected chi connectivity index (χ2v) is 6.83. The number of halogens is 5. The summed E-state index contributed by atoms with van der Waals surface area (Å²) in [4.78, 5) is 27.8. The van der Waals surface area contributed by atoms with Crippen LogP contribution in [0.4, 0.5) is 22.0 Å². The van der Waals surface area contributed by atoms with Crippen LogP contribution < -0.4 is 9.47 Å². The Hall–Kier alpha value is -3.37. The molecule has 1 aliphatic heterocycles. The average Bonchev–Trinajstić information content (AvgIpc) is 2.76. The van der Waals surface area contributed by atoms with Gasteiger partial charge in [-0.3, -0.25) is 9.59 Å². The third kappa shape index (κ3) is 5.65. The number of rotatable bonds is 6. The molecule has 0 N–H and O–H groups in total. The number of nitrogens with zero attached hydrogens (tertiary/aromatic N) is 2. The first kappa shape index (κ1) is 23.3. The summed E-state index contributed by atoms with van der Waals surface area (Å²) in [5, 5.41) is 0. The topological polar surface area (TPSA) is 59.1 Å². The Morgan fingerprint density at radius 3 is 2.06 bits per heavy atom. The molecule has 3 rings (SSSR count). The molecular formula is C21H19F5N2O4. The minimum atomic E-state index is -4.62. The number of alkyl halides is 5. The molecule has 0 saturated carbocycles. The van der Waals surface area contributed by atoms with Crippen molar-refractivity contribution in [3.05, 3.63) is 59.7 Å². The third-order valence-corrected chi connectivity index (χ3v) is 4.80. The van der Waals surface area contributed by atoms with E-state index in [1.54, 1.807) is 0 Å². The van der Waals surface area contributed by atoms with Gasteiger partial charge in [0.25, 0.3) is 11.8 Å². The summed E-state index contributed by atoms with van der Waals surface area (Å²) in [5.74, 6) is -1.75. The zero-order valence-electron chi connectivity index (χ0n) is 16.6. The summed E-state index contributed by atoms with van der Waals surface area (Å²) in [5.41, 5.74) is -1.01. The van der Waals surface area contributed by atoms with Crippen LogP contribution in [-0.2, 0) is 11.0 Å². The predicted octanol–water partition coefficient (Wildman–Crippen LogP) is 3.67. The summed E-state index contributed by atoms with van der Waals surface area (Å²) < 4.78 is 73.7. The van der Waals surface area contributed by atoms with Crippen LogP contribution in [0.1, 0.15) is 15.9 Å². The second kappa shape index (κ2) is 9.84. The molecule has 0 spiro atoms. The molecule has 11 heteroatoms. The van der Waals surface area contributed by atoms with Crippen LogP contribution in [0.2, 0.25) is 0 Å². The van der Waals surface area contributed by atoms with Crippen molar-refractivity contribution in [3.63, 3.8) is 0 Å². The lowest BCUT2D eigenvalue weighted by atomic mass is 10.1. The van der Waals surface area contributed by atoms with Crippen molar-refractivity contribution in [2.24, 2.45) is 0 Å². The number of carbonyl (C=O) groups excluding carboxylic acids is 2. The molecule has 0 radical (unpaired) electrons. The van der Waals surface area contributed by atoms with Crippen molar-refractivity contribution in [3.8, 4) is 11.5 Å². The van der Waals surface area contributed by atoms with Gasteiger partial charge in [0.2, 0.25) is 0 Å². The van der Waals surface area contributed by atoms with Crippen LogP contribution in [-0.4, -0.2) is 61.0 Å². The van der Waals surface area contributed by atoms with Gasteiger partial charge >= 0.3 is 12.8 Å². The quantitative estimate of drug-likeness (QED) is 0.620. The lowest BCUT2D eigenvalue weighted by molar-refractivity contribution is -0.141. The van der Waals surface area contributed by atoms with Gasteiger partial charge in [0.05, 0.1) is 11.1 Å². The molecule has 2 amide bonds. The molecule has 1 fully saturated rings. The normalized spacial score (nSPS) is 14.4. The average molecular weight is 458 g/mol. The number of carbonyl (C=O) groups is 2. The number of hydrogen-bond donors (Lipinski definition) is 0. The Labute approximate surface area is 180 Å². The lowest BCUT2D eigenvalue weighted by Crippen LogP contribution is -2.51. The van der Waals surface area contributed by atoms with Gasteiger partial charge in [0, 0.05) is 26.2 Å². The largest absolute Gasteiger partial charge is 0.483 e. The SMILES string of the molecule is O=C(COc1ccccc1C(F)(F)F)N1CCN(C(=O)c2ccccc2OC(F)F)CC1. The van der Waals surface area contributed by atoms with E-state index < -0.39 is 42.5 Å². The van der Waals surface area contributed by atoms with Gasteiger partial charge in [-0.25, -0.2) is 0 Å². The summed E-state index contributed by atoms with van der Waals surface area (Å²) >= 11 is 0. The number of hydrogen-bond acceptors (Lipinski definition) is 4. The van der Waals surface area contributed by atoms with Crippen molar-refractivity contribution >= 4 is 11.8 Å². The fraction of sp³-hybridized carbons (Fsp3) is 0.333. The van der Waals surface area contributed by atoms with Gasteiger partial charge in [-0.1, -0.05) is 24.3 Å². The molecule has 32 heavy (non-hydrogen) atoms. The van der Waals surface area contributed by atoms with Gasteiger partial charge in [0.1, 0.15) is 11.5 Å². The molecule has 172 valence electrons. The van der Waals surface area contributed by atoms with Crippen LogP contribution in [0.25, 0.3) is 0 Å². The highest BCUT2D eigenvalue weighted by Gasteiger charge is 2.34. The van der Waals surface area contributed by atoms with Crippen LogP contribution in [0.15, 0.2) is 48.5 Å². The van der Waals surface area contributed by atoms with Crippen molar-refractivity contribution in [1.82, 2.24) is 9.80 Å². The summed E-state index contributed by atoms with van der Waals surface area (Å²) in [6, 6.07) is 10.2. The molecule has 0 bridgehead atoms. The van der Waals surface area contributed by atoms with Crippen LogP contribution in [0.5, 0.6) is 11.5 Å². The Bertz CT molecular complexity index is 959. The summed E-state index contributed by atoms with van der Waals surface area (Å²) in [6.07, 6.45) is -4.62. The van der Waals surface area contributed by atoms with Gasteiger partial charge in [-0.05, 0) is 24.3 Å². The number of amides is 2. The predicted molar refractivity (Wildman–Crippen MR) is 102 cm³/mol. The van der Waals surface area contributed by atoms with Gasteiger partial charge in [-0.15, -0.1) is 0 Å². The van der Waals surface area contributed by atoms with Crippen molar-refractivity contribution in [2.75, 3.05) is 32.8 Å². The van der Waals surface area contributed by atoms with Crippen molar-refractivity contribution in [1.29, 1.82) is 0 Å². The second-order valence-electron chi connectivity index (χ2n) is 6.83. The van der Waals surface area contributed by atoms with E-state index in [1.807, 2.05) is 0 Å². The standard InChI is InChI=1S/C21H19F5N2O4/c22-20(23)32-16-7-3-1-5-14(16)19(30)28-11-9-27(10-12-28)18(29)13-31-17-8-4-2-6-15(17)21(24,25)26/h1-8,20H,9-13H2. The van der Waals surface area contributed by atoms with E-state index in [0.29, 0.717) is 0 Å². The van der Waals surface area contributed by atoms with Crippen LogP contribution in [0.3, 0.4) is 0 Å². The Kier molecular flexibility index (Phi) is 7.16. The summed E-state index contributed by atoms with van der Waals surface area (Å²) in [7, 11) is 0. The van der Waals surface area contributed by atoms with Gasteiger partial charge in [0.15, 0.2) is 6.61 Å². The van der Waals surface area contributed by atoms with Crippen molar-refractivity contribution in [2.45, 2.75) is 12.8 Å². The molecule has 1 saturated heterocycles. The van der Waals surface area contributed by atoms with Gasteiger partial charge in [-0.2, -0.15) is 22.0 Å². The fourth-order valence-corrected chi connectivity index (χ4v) is 3.23. The Balaban J connectivity index is 1.56. The summed E-state index contributed by atoms with van der Waals surface area (Å²) in [6.45, 7) is -3.20. The molecule has 2 aromatic carbocycles. The number of piperazine rings is 1. The van der Waals surface area contributed by atoms with E-state index in [1.165, 1.54) is 46.2 Å². The molecule has 0 aliphatic carbocycles. The van der Waals surface area contributed by atoms with Gasteiger partial charge < -0.3 is 19.3 Å². The van der Waals surface area contributed by atoms with E-state index in [-0.39, 0.29) is 37.5 Å². The highest BCUT2D eigenvalue weighted by atomic mass is 19.4. The van der Waals surface area contributed by atoms with Crippen LogP contribution in [0, 0.1) is 0 Å². The zero-order chi connectivity index (χ0) is 23.3. The molecule has 2 aromatic rings. The first-order valence-electron chi connectivity index (χ1n) is 9.56. The number of para-hydroxylation sites is 2. The Morgan fingerprint density at radius 2 is 1.44 bits per heavy atom. The molecule has 1 aliphatic rings. The zero-order valence-corrected chi connectivity index (χ0v) is 16.6. The van der Waals surface area contributed by atoms with E-state index in [2.05, 4.69) is 4.74 Å². The maximum absolute atomic E-state index is 13.0. The smallest absolute Gasteiger partial charge is 0.419 e. The minimum absolute atomic E-state index is 0.0281. The van der Waals surface area contributed by atoms with Crippen LogP contribution >= 0.6 is 0 Å². The van der Waals surface area contributed by atoms with E-state index in [9.17, 15) is 31.5 Å². The van der Waals surface area contributed by atoms with Crippen molar-refractivity contribution < 1.29 is 41.0 Å². The number of benzene rings is 2. The molecule has 0 atom stereocenters. The fourth-order valence-electron chi connectivity index (χ4n) is 3.23. The van der Waals surface area contributed by atoms with E-state index in [4.69, 9.17) is 4.74 Å². The molecule has 0 aromatic heterocycles. The molecule has 0 unspecified atom stereocenters. The highest BCUT2D eigenvalue weighted by Crippen LogP contribution is 2.35. The first-order valence-corrected chi connectivity index (χ1v) is 9.56. The lowest BCUT2D eigenvalue weighted by Gasteiger charge is -2.35. The molecular weight excluding hydrogens is 439 g/mol. The van der Waals surface area contributed by atoms with E-state index in [0.717, 1.165) is 12.1 Å². The molecule has 6 nitrogen and oxygen atoms in total. The Morgan fingerprint density at radius 1 is 0.875 bits per heavy atom. The monoisotopic (exact) mass is 458 g/mol.